The predicted molar refractivity (Wildman–Crippen MR) is 122 cm³/mol. The highest BCUT2D eigenvalue weighted by atomic mass is 79.9. The maximum absolute atomic E-state index is 13.5. The number of amides is 1. The normalized spacial score (nSPS) is 18.0. The summed E-state index contributed by atoms with van der Waals surface area (Å²) >= 11 is 3.42. The maximum atomic E-state index is 13.5. The van der Waals surface area contributed by atoms with Crippen LogP contribution in [0.2, 0.25) is 0 Å². The summed E-state index contributed by atoms with van der Waals surface area (Å²) < 4.78 is 5.90. The SMILES string of the molecule is Cc1ccc(C(C)C)cc1CN1C(=O)[C@@](O)(CC(=O)c2ccco2)c2cc(Br)ccc21. The number of carbonyl (C=O) groups is 2. The number of halogens is 1. The van der Waals surface area contributed by atoms with Crippen LogP contribution in [0.3, 0.4) is 0 Å². The lowest BCUT2D eigenvalue weighted by atomic mass is 9.89. The number of aryl methyl sites for hydroxylation is 1. The van der Waals surface area contributed by atoms with Crippen LogP contribution in [0.1, 0.15) is 59.0 Å². The zero-order chi connectivity index (χ0) is 22.3. The Morgan fingerprint density at radius 2 is 1.97 bits per heavy atom. The number of ketones is 1. The van der Waals surface area contributed by atoms with Crippen LogP contribution in [0, 0.1) is 6.92 Å². The van der Waals surface area contributed by atoms with E-state index in [0.29, 0.717) is 23.7 Å². The van der Waals surface area contributed by atoms with Crippen molar-refractivity contribution in [2.75, 3.05) is 4.90 Å². The summed E-state index contributed by atoms with van der Waals surface area (Å²) in [5, 5.41) is 11.5. The van der Waals surface area contributed by atoms with E-state index in [2.05, 4.69) is 48.0 Å². The molecule has 1 N–H and O–H groups in total. The van der Waals surface area contributed by atoms with Crippen molar-refractivity contribution in [1.29, 1.82) is 0 Å². The molecule has 2 heterocycles. The van der Waals surface area contributed by atoms with E-state index in [9.17, 15) is 14.7 Å². The molecule has 0 spiro atoms. The summed E-state index contributed by atoms with van der Waals surface area (Å²) in [6.45, 7) is 6.58. The molecule has 1 aromatic heterocycles. The third kappa shape index (κ3) is 3.86. The average molecular weight is 482 g/mol. The van der Waals surface area contributed by atoms with E-state index in [4.69, 9.17) is 4.42 Å². The fourth-order valence-electron chi connectivity index (χ4n) is 4.00. The van der Waals surface area contributed by atoms with Crippen LogP contribution in [-0.4, -0.2) is 16.8 Å². The van der Waals surface area contributed by atoms with E-state index in [-0.39, 0.29) is 12.2 Å². The molecule has 1 amide bonds. The maximum Gasteiger partial charge on any atom is 0.264 e. The first-order chi connectivity index (χ1) is 14.7. The number of carbonyl (C=O) groups excluding carboxylic acids is 2. The van der Waals surface area contributed by atoms with Crippen molar-refractivity contribution in [3.63, 3.8) is 0 Å². The van der Waals surface area contributed by atoms with Crippen molar-refractivity contribution >= 4 is 33.3 Å². The predicted octanol–water partition coefficient (Wildman–Crippen LogP) is 5.48. The molecule has 5 nitrogen and oxygen atoms in total. The number of fused-ring (bicyclic) bond motifs is 1. The monoisotopic (exact) mass is 481 g/mol. The van der Waals surface area contributed by atoms with Gasteiger partial charge in [-0.25, -0.2) is 0 Å². The lowest BCUT2D eigenvalue weighted by molar-refractivity contribution is -0.136. The summed E-state index contributed by atoms with van der Waals surface area (Å²) in [4.78, 5) is 27.8. The van der Waals surface area contributed by atoms with Crippen molar-refractivity contribution in [2.24, 2.45) is 0 Å². The van der Waals surface area contributed by atoms with E-state index in [1.54, 1.807) is 23.1 Å². The minimum atomic E-state index is -1.95. The van der Waals surface area contributed by atoms with Crippen LogP contribution >= 0.6 is 15.9 Å². The summed E-state index contributed by atoms with van der Waals surface area (Å²) in [6, 6.07) is 14.7. The van der Waals surface area contributed by atoms with Crippen LogP contribution in [0.15, 0.2) is 63.7 Å². The number of Topliss-reactive ketones (excluding diaryl/α,β-unsaturated/α-hetero) is 1. The van der Waals surface area contributed by atoms with E-state index in [1.807, 2.05) is 13.0 Å². The molecule has 0 aliphatic carbocycles. The molecule has 0 unspecified atom stereocenters. The Hall–Kier alpha value is -2.70. The standard InChI is InChI=1S/C25H24BrNO4/c1-15(2)17-7-6-16(3)18(11-17)14-27-21-9-8-19(26)12-20(21)25(30,24(27)29)13-22(28)23-5-4-10-31-23/h4-12,15,30H,13-14H2,1-3H3/t25-/m1/s1. The van der Waals surface area contributed by atoms with Crippen molar-refractivity contribution in [3.05, 3.63) is 87.3 Å². The lowest BCUT2D eigenvalue weighted by Gasteiger charge is -2.23. The van der Waals surface area contributed by atoms with Crippen molar-refractivity contribution in [1.82, 2.24) is 0 Å². The number of nitrogens with zero attached hydrogens (tertiary/aromatic N) is 1. The van der Waals surface area contributed by atoms with E-state index in [1.165, 1.54) is 17.9 Å². The van der Waals surface area contributed by atoms with Gasteiger partial charge in [-0.05, 0) is 59.9 Å². The van der Waals surface area contributed by atoms with Crippen molar-refractivity contribution in [3.8, 4) is 0 Å². The van der Waals surface area contributed by atoms with Gasteiger partial charge < -0.3 is 14.4 Å². The van der Waals surface area contributed by atoms with E-state index < -0.39 is 17.3 Å². The largest absolute Gasteiger partial charge is 0.461 e. The van der Waals surface area contributed by atoms with Crippen molar-refractivity contribution < 1.29 is 19.1 Å². The molecular weight excluding hydrogens is 458 g/mol. The third-order valence-electron chi connectivity index (χ3n) is 5.87. The fraction of sp³-hybridized carbons (Fsp3) is 0.280. The van der Waals surface area contributed by atoms with Gasteiger partial charge in [0.15, 0.2) is 11.4 Å². The van der Waals surface area contributed by atoms with Gasteiger partial charge >= 0.3 is 0 Å². The van der Waals surface area contributed by atoms with Gasteiger partial charge in [0.1, 0.15) is 0 Å². The van der Waals surface area contributed by atoms with Crippen LogP contribution in [0.4, 0.5) is 5.69 Å². The van der Waals surface area contributed by atoms with Gasteiger partial charge in [0.25, 0.3) is 5.91 Å². The summed E-state index contributed by atoms with van der Waals surface area (Å²) in [5.74, 6) is -0.446. The molecule has 31 heavy (non-hydrogen) atoms. The number of benzene rings is 2. The molecule has 0 fully saturated rings. The highest BCUT2D eigenvalue weighted by Crippen LogP contribution is 2.45. The molecule has 0 radical (unpaired) electrons. The summed E-state index contributed by atoms with van der Waals surface area (Å²) in [7, 11) is 0. The number of hydrogen-bond acceptors (Lipinski definition) is 4. The zero-order valence-electron chi connectivity index (χ0n) is 17.7. The second kappa shape index (κ2) is 8.09. The third-order valence-corrected chi connectivity index (χ3v) is 6.37. The Labute approximate surface area is 189 Å². The summed E-state index contributed by atoms with van der Waals surface area (Å²) in [5.41, 5.74) is 2.34. The van der Waals surface area contributed by atoms with Gasteiger partial charge in [-0.3, -0.25) is 9.59 Å². The number of rotatable bonds is 6. The second-order valence-electron chi connectivity index (χ2n) is 8.33. The molecule has 6 heteroatoms. The van der Waals surface area contributed by atoms with Gasteiger partial charge in [0.05, 0.1) is 24.9 Å². The molecule has 1 aliphatic heterocycles. The molecule has 1 aliphatic rings. The number of aliphatic hydroxyl groups is 1. The highest BCUT2D eigenvalue weighted by Gasteiger charge is 2.51. The van der Waals surface area contributed by atoms with E-state index in [0.717, 1.165) is 15.6 Å². The first-order valence-corrected chi connectivity index (χ1v) is 11.0. The second-order valence-corrected chi connectivity index (χ2v) is 9.25. The van der Waals surface area contributed by atoms with Gasteiger partial charge in [-0.15, -0.1) is 0 Å². The fourth-order valence-corrected chi connectivity index (χ4v) is 4.36. The quantitative estimate of drug-likeness (QED) is 0.473. The minimum Gasteiger partial charge on any atom is -0.461 e. The Morgan fingerprint density at radius 1 is 1.19 bits per heavy atom. The van der Waals surface area contributed by atoms with E-state index >= 15 is 0 Å². The molecule has 0 bridgehead atoms. The zero-order valence-corrected chi connectivity index (χ0v) is 19.3. The van der Waals surface area contributed by atoms with Crippen LogP contribution in [-0.2, 0) is 16.9 Å². The smallest absolute Gasteiger partial charge is 0.264 e. The first-order valence-electron chi connectivity index (χ1n) is 10.2. The number of hydrogen-bond donors (Lipinski definition) is 1. The van der Waals surface area contributed by atoms with Crippen LogP contribution < -0.4 is 4.90 Å². The Morgan fingerprint density at radius 3 is 2.65 bits per heavy atom. The van der Waals surface area contributed by atoms with Crippen LogP contribution in [0.25, 0.3) is 0 Å². The molecule has 3 aromatic rings. The lowest BCUT2D eigenvalue weighted by Crippen LogP contribution is -2.41. The molecule has 1 atom stereocenters. The van der Waals surface area contributed by atoms with Crippen LogP contribution in [0.5, 0.6) is 0 Å². The average Bonchev–Trinajstić information content (AvgIpc) is 3.33. The molecule has 0 saturated heterocycles. The van der Waals surface area contributed by atoms with Gasteiger partial charge in [0.2, 0.25) is 5.78 Å². The van der Waals surface area contributed by atoms with Gasteiger partial charge in [0, 0.05) is 10.0 Å². The first kappa shape index (κ1) is 21.5. The Balaban J connectivity index is 1.73. The number of furan rings is 1. The Kier molecular flexibility index (Phi) is 5.62. The van der Waals surface area contributed by atoms with Gasteiger partial charge in [-0.2, -0.15) is 0 Å². The minimum absolute atomic E-state index is 0.122. The molecule has 160 valence electrons. The Bertz CT molecular complexity index is 1150. The molecule has 4 rings (SSSR count). The van der Waals surface area contributed by atoms with Crippen molar-refractivity contribution in [2.45, 2.75) is 45.3 Å². The van der Waals surface area contributed by atoms with Gasteiger partial charge in [-0.1, -0.05) is 48.0 Å². The molecule has 2 aromatic carbocycles. The molecule has 0 saturated carbocycles. The molecular formula is C25H24BrNO4. The highest BCUT2D eigenvalue weighted by molar-refractivity contribution is 9.10. The topological polar surface area (TPSA) is 70.8 Å². The number of anilines is 1. The summed E-state index contributed by atoms with van der Waals surface area (Å²) in [6.07, 6.45) is 1.01.